The summed E-state index contributed by atoms with van der Waals surface area (Å²) in [5.74, 6) is 0. The molecule has 14 heavy (non-hydrogen) atoms. The van der Waals surface area contributed by atoms with Gasteiger partial charge in [0, 0.05) is 14.2 Å². The van der Waals surface area contributed by atoms with Gasteiger partial charge < -0.3 is 5.11 Å². The predicted molar refractivity (Wildman–Crippen MR) is 52.4 cm³/mol. The molecule has 0 radical (unpaired) electrons. The van der Waals surface area contributed by atoms with Crippen LogP contribution in [0.5, 0.6) is 0 Å². The number of halogens is 4. The molecule has 0 aliphatic rings. The minimum Gasteiger partial charge on any atom is -0.387 e. The fourth-order valence-corrected chi connectivity index (χ4v) is 2.51. The van der Waals surface area contributed by atoms with E-state index in [0.717, 1.165) is 9.35 Å². The van der Waals surface area contributed by atoms with Crippen molar-refractivity contribution in [3.63, 3.8) is 0 Å². The number of aliphatic hydroxyl groups excluding tert-OH is 1. The van der Waals surface area contributed by atoms with Crippen molar-refractivity contribution < 1.29 is 18.3 Å². The van der Waals surface area contributed by atoms with Gasteiger partial charge in [-0.1, -0.05) is 0 Å². The number of aliphatic hydroxyl groups is 1. The van der Waals surface area contributed by atoms with Crippen molar-refractivity contribution in [1.82, 2.24) is 0 Å². The number of aryl methyl sites for hydroxylation is 1. The van der Waals surface area contributed by atoms with Crippen molar-refractivity contribution in [2.24, 2.45) is 0 Å². The van der Waals surface area contributed by atoms with Gasteiger partial charge in [-0.2, -0.15) is 13.2 Å². The molecule has 1 rings (SSSR count). The molecule has 1 heterocycles. The van der Waals surface area contributed by atoms with E-state index in [1.165, 1.54) is 17.4 Å². The van der Waals surface area contributed by atoms with E-state index < -0.39 is 18.7 Å². The summed E-state index contributed by atoms with van der Waals surface area (Å²) in [7, 11) is 0. The molecule has 1 unspecified atom stereocenters. The van der Waals surface area contributed by atoms with E-state index >= 15 is 0 Å². The molecule has 0 fully saturated rings. The lowest BCUT2D eigenvalue weighted by Crippen LogP contribution is -2.12. The summed E-state index contributed by atoms with van der Waals surface area (Å²) in [4.78, 5) is 1.20. The Morgan fingerprint density at radius 2 is 2.14 bits per heavy atom. The number of alkyl halides is 3. The van der Waals surface area contributed by atoms with Crippen LogP contribution in [-0.2, 0) is 0 Å². The minimum atomic E-state index is -4.33. The van der Waals surface area contributed by atoms with Crippen LogP contribution < -0.4 is 0 Å². The lowest BCUT2D eigenvalue weighted by molar-refractivity contribution is -0.153. The highest BCUT2D eigenvalue weighted by molar-refractivity contribution is 9.10. The van der Waals surface area contributed by atoms with Gasteiger partial charge in [0.15, 0.2) is 0 Å². The van der Waals surface area contributed by atoms with Gasteiger partial charge in [0.2, 0.25) is 0 Å². The summed E-state index contributed by atoms with van der Waals surface area (Å²) in [5.41, 5.74) is 0. The van der Waals surface area contributed by atoms with Gasteiger partial charge in [0.25, 0.3) is 0 Å². The van der Waals surface area contributed by atoms with E-state index in [2.05, 4.69) is 15.9 Å². The molecule has 0 aliphatic carbocycles. The van der Waals surface area contributed by atoms with Crippen molar-refractivity contribution in [2.75, 3.05) is 0 Å². The summed E-state index contributed by atoms with van der Waals surface area (Å²) in [6.45, 7) is 1.78. The molecular formula is C8H8BrF3OS. The maximum Gasteiger partial charge on any atom is 0.391 e. The first kappa shape index (κ1) is 12.0. The fraction of sp³-hybridized carbons (Fsp3) is 0.500. The van der Waals surface area contributed by atoms with E-state index in [9.17, 15) is 18.3 Å². The quantitative estimate of drug-likeness (QED) is 0.878. The van der Waals surface area contributed by atoms with Crippen LogP contribution in [0.15, 0.2) is 10.5 Å². The summed E-state index contributed by atoms with van der Waals surface area (Å²) in [6.07, 6.45) is -6.98. The highest BCUT2D eigenvalue weighted by Crippen LogP contribution is 2.35. The summed E-state index contributed by atoms with van der Waals surface area (Å²) < 4.78 is 36.5. The molecule has 0 bridgehead atoms. The zero-order valence-corrected chi connectivity index (χ0v) is 9.63. The largest absolute Gasteiger partial charge is 0.391 e. The summed E-state index contributed by atoms with van der Waals surface area (Å²) in [6, 6.07) is 1.52. The zero-order chi connectivity index (χ0) is 10.9. The Kier molecular flexibility index (Phi) is 3.60. The molecule has 0 spiro atoms. The van der Waals surface area contributed by atoms with Crippen molar-refractivity contribution >= 4 is 27.3 Å². The van der Waals surface area contributed by atoms with E-state index in [1.807, 2.05) is 0 Å². The van der Waals surface area contributed by atoms with Gasteiger partial charge in [0.05, 0.1) is 12.5 Å². The van der Waals surface area contributed by atoms with E-state index in [4.69, 9.17) is 0 Å². The summed E-state index contributed by atoms with van der Waals surface area (Å²) in [5, 5.41) is 9.26. The summed E-state index contributed by atoms with van der Waals surface area (Å²) >= 11 is 4.35. The molecule has 1 aromatic rings. The van der Waals surface area contributed by atoms with Crippen LogP contribution in [-0.4, -0.2) is 11.3 Å². The first-order valence-electron chi connectivity index (χ1n) is 3.80. The topological polar surface area (TPSA) is 20.2 Å². The third kappa shape index (κ3) is 3.25. The molecule has 0 amide bonds. The second-order valence-corrected chi connectivity index (χ2v) is 5.03. The van der Waals surface area contributed by atoms with Gasteiger partial charge in [-0.3, -0.25) is 0 Å². The Morgan fingerprint density at radius 3 is 2.50 bits per heavy atom. The number of rotatable bonds is 2. The minimum absolute atomic E-state index is 0.340. The predicted octanol–water partition coefficient (Wildman–Crippen LogP) is 3.80. The Hall–Kier alpha value is -0.0700. The Morgan fingerprint density at radius 1 is 1.57 bits per heavy atom. The van der Waals surface area contributed by atoms with Crippen molar-refractivity contribution in [3.05, 3.63) is 20.3 Å². The van der Waals surface area contributed by atoms with Gasteiger partial charge in [0.1, 0.15) is 0 Å². The highest BCUT2D eigenvalue weighted by Gasteiger charge is 2.32. The normalized spacial score (nSPS) is 14.4. The lowest BCUT2D eigenvalue weighted by atomic mass is 10.2. The lowest BCUT2D eigenvalue weighted by Gasteiger charge is -2.10. The van der Waals surface area contributed by atoms with Crippen molar-refractivity contribution in [1.29, 1.82) is 0 Å². The average Bonchev–Trinajstić information content (AvgIpc) is 2.28. The molecule has 0 aromatic carbocycles. The van der Waals surface area contributed by atoms with Crippen LogP contribution in [0, 0.1) is 6.92 Å². The third-order valence-electron chi connectivity index (χ3n) is 1.63. The second-order valence-electron chi connectivity index (χ2n) is 2.89. The van der Waals surface area contributed by atoms with Gasteiger partial charge in [-0.05, 0) is 28.9 Å². The zero-order valence-electron chi connectivity index (χ0n) is 7.23. The smallest absolute Gasteiger partial charge is 0.387 e. The van der Waals surface area contributed by atoms with Crippen molar-refractivity contribution in [3.8, 4) is 0 Å². The molecule has 1 atom stereocenters. The van der Waals surface area contributed by atoms with E-state index in [0.29, 0.717) is 4.88 Å². The van der Waals surface area contributed by atoms with Crippen LogP contribution in [0.4, 0.5) is 13.2 Å². The van der Waals surface area contributed by atoms with Crippen LogP contribution in [0.2, 0.25) is 0 Å². The first-order valence-corrected chi connectivity index (χ1v) is 5.41. The standard InChI is InChI=1S/C8H8BrF3OS/c1-4-5(9)2-7(14-4)6(13)3-8(10,11)12/h2,6,13H,3H2,1H3. The Labute approximate surface area is 91.7 Å². The number of thiophene rings is 1. The molecule has 1 nitrogen and oxygen atoms in total. The molecule has 1 N–H and O–H groups in total. The van der Waals surface area contributed by atoms with Gasteiger partial charge >= 0.3 is 6.18 Å². The van der Waals surface area contributed by atoms with Crippen molar-refractivity contribution in [2.45, 2.75) is 25.6 Å². The second kappa shape index (κ2) is 4.20. The van der Waals surface area contributed by atoms with Crippen LogP contribution in [0.1, 0.15) is 22.3 Å². The number of hydrogen-bond acceptors (Lipinski definition) is 2. The number of hydrogen-bond donors (Lipinski definition) is 1. The van der Waals surface area contributed by atoms with Gasteiger partial charge in [-0.15, -0.1) is 11.3 Å². The third-order valence-corrected chi connectivity index (χ3v) is 3.87. The fourth-order valence-electron chi connectivity index (χ4n) is 0.966. The van der Waals surface area contributed by atoms with E-state index in [-0.39, 0.29) is 0 Å². The molecule has 80 valence electrons. The molecule has 1 aromatic heterocycles. The highest BCUT2D eigenvalue weighted by atomic mass is 79.9. The van der Waals surface area contributed by atoms with Crippen LogP contribution in [0.3, 0.4) is 0 Å². The SMILES string of the molecule is Cc1sc(C(O)CC(F)(F)F)cc1Br. The molecular weight excluding hydrogens is 281 g/mol. The maximum atomic E-state index is 11.9. The van der Waals surface area contributed by atoms with Gasteiger partial charge in [-0.25, -0.2) is 0 Å². The average molecular weight is 289 g/mol. The Balaban J connectivity index is 2.75. The van der Waals surface area contributed by atoms with E-state index in [1.54, 1.807) is 6.92 Å². The molecule has 0 saturated heterocycles. The van der Waals surface area contributed by atoms with Crippen LogP contribution in [0.25, 0.3) is 0 Å². The first-order chi connectivity index (χ1) is 6.29. The maximum absolute atomic E-state index is 11.9. The molecule has 0 aliphatic heterocycles. The Bertz CT molecular complexity index is 301. The monoisotopic (exact) mass is 288 g/mol. The molecule has 0 saturated carbocycles. The molecule has 6 heteroatoms. The van der Waals surface area contributed by atoms with Crippen LogP contribution >= 0.6 is 27.3 Å².